The van der Waals surface area contributed by atoms with Crippen LogP contribution in [-0.4, -0.2) is 4.98 Å². The van der Waals surface area contributed by atoms with Crippen LogP contribution < -0.4 is 0 Å². The summed E-state index contributed by atoms with van der Waals surface area (Å²) in [5.74, 6) is 0. The molecule has 0 amide bonds. The van der Waals surface area contributed by atoms with Gasteiger partial charge >= 0.3 is 0 Å². The quantitative estimate of drug-likeness (QED) is 0.292. The van der Waals surface area contributed by atoms with Crippen molar-refractivity contribution in [3.8, 4) is 0 Å². The molecule has 0 spiro atoms. The van der Waals surface area contributed by atoms with E-state index in [1.807, 2.05) is 0 Å². The minimum Gasteiger partial charge on any atom is -0.247 e. The first-order valence-electron chi connectivity index (χ1n) is 7.76. The number of fused-ring (bicyclic) bond motifs is 4. The third-order valence-corrected chi connectivity index (χ3v) is 4.33. The summed E-state index contributed by atoms with van der Waals surface area (Å²) in [4.78, 5) is 4.98. The Morgan fingerprint density at radius 1 is 0.682 bits per heavy atom. The molecule has 0 saturated heterocycles. The van der Waals surface area contributed by atoms with Crippen molar-refractivity contribution < 1.29 is 0 Å². The van der Waals surface area contributed by atoms with Crippen LogP contribution in [0.4, 0.5) is 0 Å². The van der Waals surface area contributed by atoms with Gasteiger partial charge in [0.05, 0.1) is 11.0 Å². The molecule has 0 radical (unpaired) electrons. The van der Waals surface area contributed by atoms with Gasteiger partial charge in [0, 0.05) is 16.2 Å². The lowest BCUT2D eigenvalue weighted by atomic mass is 9.81. The summed E-state index contributed by atoms with van der Waals surface area (Å²) < 4.78 is 0. The summed E-state index contributed by atoms with van der Waals surface area (Å²) in [6.07, 6.45) is 0. The zero-order valence-electron chi connectivity index (χ0n) is 13.2. The van der Waals surface area contributed by atoms with Crippen LogP contribution in [0.15, 0.2) is 60.7 Å². The molecule has 1 aromatic heterocycles. The molecule has 0 bridgehead atoms. The Bertz CT molecular complexity index is 1010. The molecule has 4 aromatic rings. The maximum Gasteiger partial charge on any atom is 0.0791 e. The van der Waals surface area contributed by atoms with E-state index in [1.54, 1.807) is 0 Å². The minimum atomic E-state index is 0.0727. The van der Waals surface area contributed by atoms with E-state index in [9.17, 15) is 0 Å². The van der Waals surface area contributed by atoms with Crippen molar-refractivity contribution in [3.05, 3.63) is 66.2 Å². The fourth-order valence-corrected chi connectivity index (χ4v) is 3.43. The molecule has 0 aliphatic carbocycles. The SMILES string of the molecule is CC(C)(C)c1c2ccccc2nc2c1ccc1ccccc12. The average Bonchev–Trinajstić information content (AvgIpc) is 2.51. The van der Waals surface area contributed by atoms with E-state index in [2.05, 4.69) is 81.4 Å². The number of benzene rings is 3. The van der Waals surface area contributed by atoms with Crippen LogP contribution in [0.2, 0.25) is 0 Å². The highest BCUT2D eigenvalue weighted by Gasteiger charge is 2.21. The maximum absolute atomic E-state index is 4.98. The predicted octanol–water partition coefficient (Wildman–Crippen LogP) is 5.84. The number of hydrogen-bond donors (Lipinski definition) is 0. The van der Waals surface area contributed by atoms with Gasteiger partial charge in [-0.25, -0.2) is 4.98 Å². The highest BCUT2D eigenvalue weighted by Crippen LogP contribution is 2.37. The van der Waals surface area contributed by atoms with Gasteiger partial charge in [0.15, 0.2) is 0 Å². The van der Waals surface area contributed by atoms with Crippen molar-refractivity contribution in [2.45, 2.75) is 26.2 Å². The van der Waals surface area contributed by atoms with Gasteiger partial charge in [0.2, 0.25) is 0 Å². The van der Waals surface area contributed by atoms with Crippen molar-refractivity contribution in [2.24, 2.45) is 0 Å². The standard InChI is InChI=1S/C21H19N/c1-21(2,3)19-16-10-6-7-11-18(16)22-20-15-9-5-4-8-14(15)12-13-17(19)20/h4-13H,1-3H3. The molecule has 0 N–H and O–H groups in total. The van der Waals surface area contributed by atoms with Gasteiger partial charge in [-0.2, -0.15) is 0 Å². The first kappa shape index (κ1) is 13.3. The fourth-order valence-electron chi connectivity index (χ4n) is 3.43. The fraction of sp³-hybridized carbons (Fsp3) is 0.190. The van der Waals surface area contributed by atoms with Gasteiger partial charge in [-0.1, -0.05) is 75.4 Å². The zero-order chi connectivity index (χ0) is 15.3. The van der Waals surface area contributed by atoms with Crippen molar-refractivity contribution in [1.29, 1.82) is 0 Å². The normalized spacial score (nSPS) is 12.3. The molecule has 0 aliphatic heterocycles. The molecule has 1 nitrogen and oxygen atoms in total. The number of aromatic nitrogens is 1. The lowest BCUT2D eigenvalue weighted by molar-refractivity contribution is 0.601. The second-order valence-electron chi connectivity index (χ2n) is 6.94. The third kappa shape index (κ3) is 1.89. The van der Waals surface area contributed by atoms with Gasteiger partial charge in [0.1, 0.15) is 0 Å². The molecule has 4 rings (SSSR count). The van der Waals surface area contributed by atoms with Crippen molar-refractivity contribution in [1.82, 2.24) is 4.98 Å². The molecule has 0 fully saturated rings. The first-order chi connectivity index (χ1) is 10.6. The van der Waals surface area contributed by atoms with Crippen LogP contribution in [0.25, 0.3) is 32.6 Å². The molecule has 0 saturated carbocycles. The Labute approximate surface area is 130 Å². The molecule has 22 heavy (non-hydrogen) atoms. The van der Waals surface area contributed by atoms with Crippen LogP contribution in [0, 0.1) is 0 Å². The highest BCUT2D eigenvalue weighted by molar-refractivity contribution is 6.10. The summed E-state index contributed by atoms with van der Waals surface area (Å²) in [5, 5.41) is 5.01. The zero-order valence-corrected chi connectivity index (χ0v) is 13.2. The molecule has 108 valence electrons. The summed E-state index contributed by atoms with van der Waals surface area (Å²) >= 11 is 0. The van der Waals surface area contributed by atoms with Gasteiger partial charge in [0.25, 0.3) is 0 Å². The van der Waals surface area contributed by atoms with Crippen molar-refractivity contribution in [2.75, 3.05) is 0 Å². The van der Waals surface area contributed by atoms with E-state index in [0.717, 1.165) is 11.0 Å². The van der Waals surface area contributed by atoms with E-state index in [1.165, 1.54) is 27.1 Å². The minimum absolute atomic E-state index is 0.0727. The number of rotatable bonds is 0. The average molecular weight is 285 g/mol. The Morgan fingerprint density at radius 2 is 1.36 bits per heavy atom. The van der Waals surface area contributed by atoms with E-state index in [4.69, 9.17) is 4.98 Å². The van der Waals surface area contributed by atoms with E-state index < -0.39 is 0 Å². The number of nitrogens with zero attached hydrogens (tertiary/aromatic N) is 1. The number of pyridine rings is 1. The van der Waals surface area contributed by atoms with Crippen LogP contribution >= 0.6 is 0 Å². The van der Waals surface area contributed by atoms with E-state index in [0.29, 0.717) is 0 Å². The second kappa shape index (κ2) is 4.54. The molecule has 0 unspecified atom stereocenters. The predicted molar refractivity (Wildman–Crippen MR) is 95.5 cm³/mol. The Balaban J connectivity index is 2.31. The molecule has 3 aromatic carbocycles. The van der Waals surface area contributed by atoms with Crippen LogP contribution in [-0.2, 0) is 5.41 Å². The van der Waals surface area contributed by atoms with Crippen LogP contribution in [0.3, 0.4) is 0 Å². The molecule has 1 heterocycles. The maximum atomic E-state index is 4.98. The largest absolute Gasteiger partial charge is 0.247 e. The lowest BCUT2D eigenvalue weighted by Crippen LogP contribution is -2.13. The van der Waals surface area contributed by atoms with Crippen molar-refractivity contribution in [3.63, 3.8) is 0 Å². The second-order valence-corrected chi connectivity index (χ2v) is 6.94. The summed E-state index contributed by atoms with van der Waals surface area (Å²) in [7, 11) is 0. The topological polar surface area (TPSA) is 12.9 Å². The summed E-state index contributed by atoms with van der Waals surface area (Å²) in [6.45, 7) is 6.84. The number of para-hydroxylation sites is 1. The van der Waals surface area contributed by atoms with E-state index in [-0.39, 0.29) is 5.41 Å². The summed E-state index contributed by atoms with van der Waals surface area (Å²) in [5.41, 5.74) is 3.65. The van der Waals surface area contributed by atoms with Gasteiger partial charge in [-0.05, 0) is 22.4 Å². The highest BCUT2D eigenvalue weighted by atomic mass is 14.7. The van der Waals surface area contributed by atoms with Crippen LogP contribution in [0.5, 0.6) is 0 Å². The van der Waals surface area contributed by atoms with E-state index >= 15 is 0 Å². The molecular formula is C21H19N. The van der Waals surface area contributed by atoms with Crippen molar-refractivity contribution >= 4 is 32.6 Å². The molecular weight excluding hydrogens is 266 g/mol. The smallest absolute Gasteiger partial charge is 0.0791 e. The Morgan fingerprint density at radius 3 is 2.14 bits per heavy atom. The monoisotopic (exact) mass is 285 g/mol. The summed E-state index contributed by atoms with van der Waals surface area (Å²) in [6, 6.07) is 21.4. The third-order valence-electron chi connectivity index (χ3n) is 4.33. The molecule has 1 heteroatoms. The van der Waals surface area contributed by atoms with Gasteiger partial charge < -0.3 is 0 Å². The number of hydrogen-bond acceptors (Lipinski definition) is 1. The first-order valence-corrected chi connectivity index (χ1v) is 7.76. The van der Waals surface area contributed by atoms with Gasteiger partial charge in [-0.3, -0.25) is 0 Å². The van der Waals surface area contributed by atoms with Gasteiger partial charge in [-0.15, -0.1) is 0 Å². The molecule has 0 aliphatic rings. The lowest BCUT2D eigenvalue weighted by Gasteiger charge is -2.24. The van der Waals surface area contributed by atoms with Crippen LogP contribution in [0.1, 0.15) is 26.3 Å². The molecule has 0 atom stereocenters. The Hall–Kier alpha value is -2.41. The Kier molecular flexibility index (Phi) is 2.74.